The van der Waals surface area contributed by atoms with Gasteiger partial charge >= 0.3 is 0 Å². The minimum absolute atomic E-state index is 0.0202. The zero-order valence-corrected chi connectivity index (χ0v) is 17.7. The molecule has 1 fully saturated rings. The monoisotopic (exact) mass is 443 g/mol. The number of benzene rings is 2. The van der Waals surface area contributed by atoms with Gasteiger partial charge in [-0.15, -0.1) is 0 Å². The average Bonchev–Trinajstić information content (AvgIpc) is 2.78. The summed E-state index contributed by atoms with van der Waals surface area (Å²) in [5, 5.41) is 20.6. The van der Waals surface area contributed by atoms with E-state index in [1.165, 1.54) is 18.2 Å². The van der Waals surface area contributed by atoms with Crippen molar-refractivity contribution in [3.8, 4) is 17.2 Å². The van der Waals surface area contributed by atoms with Crippen LogP contribution >= 0.6 is 0 Å². The lowest BCUT2D eigenvalue weighted by Crippen LogP contribution is -2.51. The third-order valence-electron chi connectivity index (χ3n) is 5.15. The molecular weight excluding hydrogens is 418 g/mol. The number of hydrogen-bond donors (Lipinski definition) is 1. The van der Waals surface area contributed by atoms with Crippen LogP contribution in [0.25, 0.3) is 0 Å². The van der Waals surface area contributed by atoms with E-state index in [2.05, 4.69) is 0 Å². The number of phenolic OH excluding ortho intramolecular Hbond substituents is 1. The van der Waals surface area contributed by atoms with Gasteiger partial charge in [0.2, 0.25) is 5.91 Å². The van der Waals surface area contributed by atoms with Crippen LogP contribution in [-0.2, 0) is 9.59 Å². The van der Waals surface area contributed by atoms with Crippen LogP contribution in [-0.4, -0.2) is 71.0 Å². The maximum absolute atomic E-state index is 12.4. The van der Waals surface area contributed by atoms with Crippen LogP contribution < -0.4 is 9.47 Å². The predicted octanol–water partition coefficient (Wildman–Crippen LogP) is 2.13. The summed E-state index contributed by atoms with van der Waals surface area (Å²) in [7, 11) is 0. The molecule has 0 bridgehead atoms. The minimum Gasteiger partial charge on any atom is -0.504 e. The normalized spacial score (nSPS) is 13.5. The molecule has 10 heteroatoms. The first-order chi connectivity index (χ1) is 15.3. The van der Waals surface area contributed by atoms with Crippen molar-refractivity contribution in [2.24, 2.45) is 0 Å². The number of piperazine rings is 1. The fraction of sp³-hybridized carbons (Fsp3) is 0.364. The van der Waals surface area contributed by atoms with E-state index < -0.39 is 4.92 Å². The Morgan fingerprint density at radius 3 is 2.31 bits per heavy atom. The first-order valence-corrected chi connectivity index (χ1v) is 10.2. The summed E-state index contributed by atoms with van der Waals surface area (Å²) in [4.78, 5) is 38.5. The van der Waals surface area contributed by atoms with Crippen molar-refractivity contribution in [3.63, 3.8) is 0 Å². The number of nitrogens with zero attached hydrogens (tertiary/aromatic N) is 3. The zero-order chi connectivity index (χ0) is 23.1. The number of amides is 2. The Hall–Kier alpha value is -3.82. The van der Waals surface area contributed by atoms with Crippen molar-refractivity contribution in [1.82, 2.24) is 9.80 Å². The molecule has 3 rings (SSSR count). The second-order valence-electron chi connectivity index (χ2n) is 7.32. The number of nitro groups is 1. The van der Waals surface area contributed by atoms with Crippen LogP contribution in [0.15, 0.2) is 42.5 Å². The number of para-hydroxylation sites is 2. The molecule has 0 unspecified atom stereocenters. The molecule has 32 heavy (non-hydrogen) atoms. The molecule has 2 amide bonds. The summed E-state index contributed by atoms with van der Waals surface area (Å²) >= 11 is 0. The van der Waals surface area contributed by atoms with Gasteiger partial charge in [-0.1, -0.05) is 12.1 Å². The summed E-state index contributed by atoms with van der Waals surface area (Å²) in [5.41, 5.74) is 0.512. The molecule has 10 nitrogen and oxygen atoms in total. The second-order valence-corrected chi connectivity index (χ2v) is 7.32. The van der Waals surface area contributed by atoms with Crippen molar-refractivity contribution < 1.29 is 29.1 Å². The number of aromatic hydroxyl groups is 1. The van der Waals surface area contributed by atoms with Crippen molar-refractivity contribution in [2.75, 3.05) is 39.4 Å². The topological polar surface area (TPSA) is 122 Å². The lowest BCUT2D eigenvalue weighted by molar-refractivity contribution is -0.385. The number of phenols is 1. The van der Waals surface area contributed by atoms with Gasteiger partial charge in [0.05, 0.1) is 18.0 Å². The summed E-state index contributed by atoms with van der Waals surface area (Å²) < 4.78 is 10.9. The van der Waals surface area contributed by atoms with Crippen LogP contribution in [0.1, 0.15) is 12.0 Å². The van der Waals surface area contributed by atoms with E-state index in [9.17, 15) is 24.8 Å². The van der Waals surface area contributed by atoms with Gasteiger partial charge in [0, 0.05) is 37.8 Å². The second kappa shape index (κ2) is 10.5. The largest absolute Gasteiger partial charge is 0.504 e. The zero-order valence-electron chi connectivity index (χ0n) is 17.7. The van der Waals surface area contributed by atoms with Crippen LogP contribution in [0.4, 0.5) is 5.69 Å². The lowest BCUT2D eigenvalue weighted by atomic mass is 10.2. The summed E-state index contributed by atoms with van der Waals surface area (Å²) in [6.45, 7) is 3.23. The average molecular weight is 443 g/mol. The molecule has 1 heterocycles. The Balaban J connectivity index is 1.38. The standard InChI is InChI=1S/C22H25N3O7/c1-16-14-17(6-7-18(16)25(29)30)31-13-8-21(27)23-9-11-24(12-10-23)22(28)15-32-20-5-3-2-4-19(20)26/h2-7,14,26H,8-13,15H2,1H3. The van der Waals surface area contributed by atoms with Gasteiger partial charge in [0.25, 0.3) is 11.6 Å². The highest BCUT2D eigenvalue weighted by Gasteiger charge is 2.24. The summed E-state index contributed by atoms with van der Waals surface area (Å²) in [5.74, 6) is 0.402. The number of hydrogen-bond acceptors (Lipinski definition) is 7. The SMILES string of the molecule is Cc1cc(OCCC(=O)N2CCN(C(=O)COc3ccccc3O)CC2)ccc1[N+](=O)[O-]. The van der Waals surface area contributed by atoms with Crippen LogP contribution in [0.2, 0.25) is 0 Å². The summed E-state index contributed by atoms with van der Waals surface area (Å²) in [6, 6.07) is 10.9. The highest BCUT2D eigenvalue weighted by atomic mass is 16.6. The first kappa shape index (κ1) is 22.9. The van der Waals surface area contributed by atoms with E-state index in [1.54, 1.807) is 41.0 Å². The van der Waals surface area contributed by atoms with Gasteiger partial charge in [-0.3, -0.25) is 19.7 Å². The maximum atomic E-state index is 12.4. The Morgan fingerprint density at radius 1 is 1.03 bits per heavy atom. The van der Waals surface area contributed by atoms with E-state index >= 15 is 0 Å². The Bertz CT molecular complexity index is 987. The third kappa shape index (κ3) is 5.87. The van der Waals surface area contributed by atoms with E-state index in [4.69, 9.17) is 9.47 Å². The highest BCUT2D eigenvalue weighted by molar-refractivity contribution is 5.79. The molecule has 2 aromatic rings. The van der Waals surface area contributed by atoms with Crippen molar-refractivity contribution in [2.45, 2.75) is 13.3 Å². The molecule has 0 aliphatic carbocycles. The van der Waals surface area contributed by atoms with Crippen LogP contribution in [0.3, 0.4) is 0 Å². The molecule has 170 valence electrons. The lowest BCUT2D eigenvalue weighted by Gasteiger charge is -2.34. The Morgan fingerprint density at radius 2 is 1.69 bits per heavy atom. The number of carbonyl (C=O) groups is 2. The third-order valence-corrected chi connectivity index (χ3v) is 5.15. The number of ether oxygens (including phenoxy) is 2. The van der Waals surface area contributed by atoms with Gasteiger partial charge in [0.15, 0.2) is 18.1 Å². The number of aryl methyl sites for hydroxylation is 1. The predicted molar refractivity (Wildman–Crippen MR) is 115 cm³/mol. The molecule has 1 saturated heterocycles. The number of carbonyl (C=O) groups excluding carboxylic acids is 2. The molecule has 2 aromatic carbocycles. The molecule has 0 saturated carbocycles. The van der Waals surface area contributed by atoms with Crippen molar-refractivity contribution in [3.05, 3.63) is 58.1 Å². The van der Waals surface area contributed by atoms with Gasteiger partial charge in [-0.25, -0.2) is 0 Å². The molecular formula is C22H25N3O7. The molecule has 0 spiro atoms. The molecule has 0 atom stereocenters. The smallest absolute Gasteiger partial charge is 0.272 e. The molecule has 1 aliphatic heterocycles. The van der Waals surface area contributed by atoms with E-state index in [-0.39, 0.29) is 48.6 Å². The quantitative estimate of drug-likeness (QED) is 0.490. The van der Waals surface area contributed by atoms with Gasteiger partial charge in [-0.05, 0) is 31.2 Å². The highest BCUT2D eigenvalue weighted by Crippen LogP contribution is 2.24. The number of nitro benzene ring substituents is 1. The van der Waals surface area contributed by atoms with E-state index in [0.29, 0.717) is 37.5 Å². The maximum Gasteiger partial charge on any atom is 0.272 e. The minimum atomic E-state index is -0.454. The van der Waals surface area contributed by atoms with Crippen molar-refractivity contribution >= 4 is 17.5 Å². The van der Waals surface area contributed by atoms with Gasteiger partial charge in [-0.2, -0.15) is 0 Å². The molecule has 1 N–H and O–H groups in total. The fourth-order valence-corrected chi connectivity index (χ4v) is 3.35. The molecule has 1 aliphatic rings. The molecule has 0 aromatic heterocycles. The van der Waals surface area contributed by atoms with Gasteiger partial charge in [0.1, 0.15) is 5.75 Å². The Kier molecular flexibility index (Phi) is 7.48. The fourth-order valence-electron chi connectivity index (χ4n) is 3.35. The van der Waals surface area contributed by atoms with E-state index in [1.807, 2.05) is 0 Å². The van der Waals surface area contributed by atoms with Crippen LogP contribution in [0.5, 0.6) is 17.2 Å². The van der Waals surface area contributed by atoms with Crippen LogP contribution in [0, 0.1) is 17.0 Å². The molecule has 0 radical (unpaired) electrons. The summed E-state index contributed by atoms with van der Waals surface area (Å²) in [6.07, 6.45) is 0.167. The first-order valence-electron chi connectivity index (χ1n) is 10.2. The number of rotatable bonds is 8. The van der Waals surface area contributed by atoms with Gasteiger partial charge < -0.3 is 24.4 Å². The van der Waals surface area contributed by atoms with E-state index in [0.717, 1.165) is 0 Å². The Labute approximate surface area is 185 Å². The van der Waals surface area contributed by atoms with Crippen molar-refractivity contribution in [1.29, 1.82) is 0 Å².